The molecule has 0 aromatic rings. The van der Waals surface area contributed by atoms with E-state index in [4.69, 9.17) is 9.47 Å². The standard InChI is InChI=1S/C11H22O3/c1-6-13-11(12)10(5)14-9(4)7-8(2)3/h8-10H,6-7H2,1-5H3. The Kier molecular flexibility index (Phi) is 6.54. The van der Waals surface area contributed by atoms with Gasteiger partial charge in [-0.25, -0.2) is 4.79 Å². The van der Waals surface area contributed by atoms with E-state index in [0.29, 0.717) is 12.5 Å². The lowest BCUT2D eigenvalue weighted by Gasteiger charge is -2.19. The number of esters is 1. The fourth-order valence-corrected chi connectivity index (χ4v) is 1.38. The number of carbonyl (C=O) groups is 1. The SMILES string of the molecule is CCOC(=O)C(C)OC(C)CC(C)C. The van der Waals surface area contributed by atoms with E-state index in [-0.39, 0.29) is 12.1 Å². The Labute approximate surface area is 86.8 Å². The molecule has 0 spiro atoms. The normalized spacial score (nSPS) is 15.3. The predicted molar refractivity (Wildman–Crippen MR) is 56.1 cm³/mol. The van der Waals surface area contributed by atoms with E-state index in [0.717, 1.165) is 6.42 Å². The predicted octanol–water partition coefficient (Wildman–Crippen LogP) is 2.39. The van der Waals surface area contributed by atoms with Crippen molar-refractivity contribution in [2.75, 3.05) is 6.61 Å². The minimum Gasteiger partial charge on any atom is -0.464 e. The molecule has 0 saturated heterocycles. The number of carbonyl (C=O) groups excluding carboxylic acids is 1. The van der Waals surface area contributed by atoms with E-state index >= 15 is 0 Å². The first-order valence-electron chi connectivity index (χ1n) is 5.29. The highest BCUT2D eigenvalue weighted by atomic mass is 16.6. The lowest BCUT2D eigenvalue weighted by atomic mass is 10.1. The molecule has 0 aliphatic carbocycles. The van der Waals surface area contributed by atoms with Crippen molar-refractivity contribution in [3.05, 3.63) is 0 Å². The molecular weight excluding hydrogens is 180 g/mol. The zero-order valence-corrected chi connectivity index (χ0v) is 9.87. The zero-order chi connectivity index (χ0) is 11.1. The summed E-state index contributed by atoms with van der Waals surface area (Å²) in [4.78, 5) is 11.2. The summed E-state index contributed by atoms with van der Waals surface area (Å²) in [5.74, 6) is 0.308. The Morgan fingerprint density at radius 2 is 1.79 bits per heavy atom. The van der Waals surface area contributed by atoms with Crippen molar-refractivity contribution in [3.8, 4) is 0 Å². The Balaban J connectivity index is 3.80. The van der Waals surface area contributed by atoms with Crippen LogP contribution in [0.5, 0.6) is 0 Å². The Hall–Kier alpha value is -0.570. The first-order chi connectivity index (χ1) is 6.47. The van der Waals surface area contributed by atoms with Crippen LogP contribution in [0.3, 0.4) is 0 Å². The van der Waals surface area contributed by atoms with Crippen LogP contribution >= 0.6 is 0 Å². The Morgan fingerprint density at radius 3 is 2.21 bits per heavy atom. The number of hydrogen-bond acceptors (Lipinski definition) is 3. The third kappa shape index (κ3) is 5.97. The van der Waals surface area contributed by atoms with Gasteiger partial charge in [-0.15, -0.1) is 0 Å². The van der Waals surface area contributed by atoms with Crippen LogP contribution in [0.4, 0.5) is 0 Å². The van der Waals surface area contributed by atoms with Gasteiger partial charge >= 0.3 is 5.97 Å². The molecule has 0 amide bonds. The second-order valence-electron chi connectivity index (χ2n) is 3.97. The smallest absolute Gasteiger partial charge is 0.334 e. The molecule has 0 heterocycles. The van der Waals surface area contributed by atoms with Crippen LogP contribution in [0.25, 0.3) is 0 Å². The molecule has 0 aliphatic heterocycles. The topological polar surface area (TPSA) is 35.5 Å². The molecule has 2 atom stereocenters. The third-order valence-electron chi connectivity index (χ3n) is 1.86. The van der Waals surface area contributed by atoms with Crippen molar-refractivity contribution in [2.45, 2.75) is 53.2 Å². The molecular formula is C11H22O3. The molecule has 84 valence electrons. The summed E-state index contributed by atoms with van der Waals surface area (Å²) in [6.07, 6.45) is 0.613. The summed E-state index contributed by atoms with van der Waals surface area (Å²) >= 11 is 0. The lowest BCUT2D eigenvalue weighted by Crippen LogP contribution is -2.27. The minimum absolute atomic E-state index is 0.106. The van der Waals surface area contributed by atoms with Crippen molar-refractivity contribution in [1.82, 2.24) is 0 Å². The van der Waals surface area contributed by atoms with Crippen LogP contribution in [-0.2, 0) is 14.3 Å². The van der Waals surface area contributed by atoms with Gasteiger partial charge in [-0.05, 0) is 33.1 Å². The summed E-state index contributed by atoms with van der Waals surface area (Å²) in [5, 5.41) is 0. The molecule has 0 rings (SSSR count). The summed E-state index contributed by atoms with van der Waals surface area (Å²) in [5.41, 5.74) is 0. The molecule has 0 aromatic carbocycles. The van der Waals surface area contributed by atoms with E-state index in [1.807, 2.05) is 6.92 Å². The van der Waals surface area contributed by atoms with Gasteiger partial charge in [0.2, 0.25) is 0 Å². The zero-order valence-electron chi connectivity index (χ0n) is 9.87. The number of rotatable bonds is 6. The molecule has 0 bridgehead atoms. The molecule has 0 fully saturated rings. The van der Waals surface area contributed by atoms with Gasteiger partial charge in [0.1, 0.15) is 0 Å². The highest BCUT2D eigenvalue weighted by molar-refractivity contribution is 5.74. The van der Waals surface area contributed by atoms with Crippen LogP contribution in [0.1, 0.15) is 41.0 Å². The fourth-order valence-electron chi connectivity index (χ4n) is 1.38. The van der Waals surface area contributed by atoms with Gasteiger partial charge in [0, 0.05) is 0 Å². The van der Waals surface area contributed by atoms with Crippen LogP contribution in [0.2, 0.25) is 0 Å². The van der Waals surface area contributed by atoms with E-state index in [1.54, 1.807) is 13.8 Å². The van der Waals surface area contributed by atoms with E-state index in [9.17, 15) is 4.79 Å². The minimum atomic E-state index is -0.455. The Morgan fingerprint density at radius 1 is 1.21 bits per heavy atom. The lowest BCUT2D eigenvalue weighted by molar-refractivity contribution is -0.159. The van der Waals surface area contributed by atoms with Gasteiger partial charge < -0.3 is 9.47 Å². The molecule has 2 unspecified atom stereocenters. The summed E-state index contributed by atoms with van der Waals surface area (Å²) < 4.78 is 10.3. The van der Waals surface area contributed by atoms with Gasteiger partial charge in [0.25, 0.3) is 0 Å². The van der Waals surface area contributed by atoms with Crippen LogP contribution in [0.15, 0.2) is 0 Å². The largest absolute Gasteiger partial charge is 0.464 e. The fraction of sp³-hybridized carbons (Fsp3) is 0.909. The maximum Gasteiger partial charge on any atom is 0.334 e. The van der Waals surface area contributed by atoms with Crippen LogP contribution in [-0.4, -0.2) is 24.8 Å². The van der Waals surface area contributed by atoms with E-state index in [1.165, 1.54) is 0 Å². The van der Waals surface area contributed by atoms with Crippen molar-refractivity contribution in [2.24, 2.45) is 5.92 Å². The molecule has 0 aliphatic rings. The molecule has 3 nitrogen and oxygen atoms in total. The molecule has 0 N–H and O–H groups in total. The third-order valence-corrected chi connectivity index (χ3v) is 1.86. The van der Waals surface area contributed by atoms with Crippen molar-refractivity contribution in [1.29, 1.82) is 0 Å². The van der Waals surface area contributed by atoms with Gasteiger partial charge in [-0.1, -0.05) is 13.8 Å². The van der Waals surface area contributed by atoms with E-state index < -0.39 is 6.10 Å². The monoisotopic (exact) mass is 202 g/mol. The summed E-state index contributed by atoms with van der Waals surface area (Å²) in [6.45, 7) is 10.2. The number of hydrogen-bond donors (Lipinski definition) is 0. The van der Waals surface area contributed by atoms with E-state index in [2.05, 4.69) is 13.8 Å². The average molecular weight is 202 g/mol. The Bertz CT molecular complexity index is 166. The highest BCUT2D eigenvalue weighted by Gasteiger charge is 2.17. The first-order valence-corrected chi connectivity index (χ1v) is 5.29. The van der Waals surface area contributed by atoms with Crippen molar-refractivity contribution in [3.63, 3.8) is 0 Å². The van der Waals surface area contributed by atoms with Gasteiger partial charge in [-0.2, -0.15) is 0 Å². The molecule has 0 radical (unpaired) electrons. The molecule has 0 saturated carbocycles. The molecule has 0 aromatic heterocycles. The maximum absolute atomic E-state index is 11.2. The van der Waals surface area contributed by atoms with Crippen molar-refractivity contribution >= 4 is 5.97 Å². The molecule has 3 heteroatoms. The summed E-state index contributed by atoms with van der Waals surface area (Å²) in [6, 6.07) is 0. The second kappa shape index (κ2) is 6.82. The van der Waals surface area contributed by atoms with Crippen LogP contribution < -0.4 is 0 Å². The molecule has 14 heavy (non-hydrogen) atoms. The van der Waals surface area contributed by atoms with Crippen LogP contribution in [0, 0.1) is 5.92 Å². The number of ether oxygens (including phenoxy) is 2. The maximum atomic E-state index is 11.2. The van der Waals surface area contributed by atoms with Crippen molar-refractivity contribution < 1.29 is 14.3 Å². The van der Waals surface area contributed by atoms with Gasteiger partial charge in [0.15, 0.2) is 6.10 Å². The second-order valence-corrected chi connectivity index (χ2v) is 3.97. The summed E-state index contributed by atoms with van der Waals surface area (Å²) in [7, 11) is 0. The quantitative estimate of drug-likeness (QED) is 0.620. The average Bonchev–Trinajstić information content (AvgIpc) is 2.02. The van der Waals surface area contributed by atoms with Gasteiger partial charge in [0.05, 0.1) is 12.7 Å². The first kappa shape index (κ1) is 13.4. The van der Waals surface area contributed by atoms with Gasteiger partial charge in [-0.3, -0.25) is 0 Å². The highest BCUT2D eigenvalue weighted by Crippen LogP contribution is 2.10.